The van der Waals surface area contributed by atoms with Gasteiger partial charge in [-0.3, -0.25) is 4.79 Å². The van der Waals surface area contributed by atoms with Gasteiger partial charge in [0, 0.05) is 15.8 Å². The minimum absolute atomic E-state index is 0.184. The minimum atomic E-state index is -0.184. The van der Waals surface area contributed by atoms with Gasteiger partial charge >= 0.3 is 0 Å². The Morgan fingerprint density at radius 3 is 2.33 bits per heavy atom. The molecule has 0 spiro atoms. The topological polar surface area (TPSA) is 47.6 Å². The fourth-order valence-corrected chi connectivity index (χ4v) is 3.17. The standard InChI is InChI=1S/C15H16ClNO3S/c1-8-5-10(9(2)21-8)15(18)17-12-6-11(16)13(19-3)7-14(12)20-4/h5-7H,1-4H3,(H,17,18). The van der Waals surface area contributed by atoms with Gasteiger partial charge in [-0.25, -0.2) is 0 Å². The molecule has 4 nitrogen and oxygen atoms in total. The van der Waals surface area contributed by atoms with Crippen molar-refractivity contribution in [3.63, 3.8) is 0 Å². The van der Waals surface area contributed by atoms with Gasteiger partial charge in [0.1, 0.15) is 11.5 Å². The van der Waals surface area contributed by atoms with E-state index in [1.165, 1.54) is 14.2 Å². The summed E-state index contributed by atoms with van der Waals surface area (Å²) in [5.41, 5.74) is 1.17. The predicted octanol–water partition coefficient (Wildman–Crippen LogP) is 4.29. The van der Waals surface area contributed by atoms with Gasteiger partial charge in [0.05, 0.1) is 30.5 Å². The van der Waals surface area contributed by atoms with Crippen LogP contribution in [-0.2, 0) is 0 Å². The summed E-state index contributed by atoms with van der Waals surface area (Å²) >= 11 is 7.68. The number of methoxy groups -OCH3 is 2. The van der Waals surface area contributed by atoms with Crippen LogP contribution in [-0.4, -0.2) is 20.1 Å². The Morgan fingerprint density at radius 2 is 1.81 bits per heavy atom. The first-order valence-corrected chi connectivity index (χ1v) is 7.45. The highest BCUT2D eigenvalue weighted by Gasteiger charge is 2.16. The van der Waals surface area contributed by atoms with Crippen LogP contribution in [0.2, 0.25) is 5.02 Å². The largest absolute Gasteiger partial charge is 0.495 e. The van der Waals surface area contributed by atoms with Crippen LogP contribution in [0.25, 0.3) is 0 Å². The molecule has 0 aliphatic rings. The minimum Gasteiger partial charge on any atom is -0.495 e. The highest BCUT2D eigenvalue weighted by molar-refractivity contribution is 7.12. The van der Waals surface area contributed by atoms with Crippen LogP contribution in [0.1, 0.15) is 20.1 Å². The molecular formula is C15H16ClNO3S. The first kappa shape index (κ1) is 15.7. The SMILES string of the molecule is COc1cc(OC)c(NC(=O)c2cc(C)sc2C)cc1Cl. The number of aryl methyl sites for hydroxylation is 2. The van der Waals surface area contributed by atoms with Crippen molar-refractivity contribution in [3.8, 4) is 11.5 Å². The Morgan fingerprint density at radius 1 is 1.14 bits per heavy atom. The van der Waals surface area contributed by atoms with Gasteiger partial charge in [0.2, 0.25) is 0 Å². The summed E-state index contributed by atoms with van der Waals surface area (Å²) in [5.74, 6) is 0.805. The van der Waals surface area contributed by atoms with Crippen LogP contribution in [0.5, 0.6) is 11.5 Å². The van der Waals surface area contributed by atoms with Crippen molar-refractivity contribution in [2.75, 3.05) is 19.5 Å². The summed E-state index contributed by atoms with van der Waals surface area (Å²) in [7, 11) is 3.05. The van der Waals surface area contributed by atoms with E-state index in [1.807, 2.05) is 19.9 Å². The fraction of sp³-hybridized carbons (Fsp3) is 0.267. The van der Waals surface area contributed by atoms with E-state index in [1.54, 1.807) is 23.5 Å². The molecule has 0 atom stereocenters. The second-order valence-electron chi connectivity index (χ2n) is 4.47. The number of benzene rings is 1. The molecule has 0 unspecified atom stereocenters. The van der Waals surface area contributed by atoms with E-state index >= 15 is 0 Å². The molecule has 0 saturated carbocycles. The lowest BCUT2D eigenvalue weighted by molar-refractivity contribution is 0.102. The van der Waals surface area contributed by atoms with E-state index in [4.69, 9.17) is 21.1 Å². The number of amides is 1. The fourth-order valence-electron chi connectivity index (χ4n) is 2.00. The van der Waals surface area contributed by atoms with Crippen molar-refractivity contribution in [1.29, 1.82) is 0 Å². The van der Waals surface area contributed by atoms with E-state index in [0.29, 0.717) is 27.8 Å². The molecule has 21 heavy (non-hydrogen) atoms. The number of hydrogen-bond acceptors (Lipinski definition) is 4. The number of thiophene rings is 1. The van der Waals surface area contributed by atoms with Gasteiger partial charge in [-0.1, -0.05) is 11.6 Å². The summed E-state index contributed by atoms with van der Waals surface area (Å²) in [6, 6.07) is 5.13. The molecule has 1 aromatic carbocycles. The van der Waals surface area contributed by atoms with Crippen LogP contribution in [0.3, 0.4) is 0 Å². The molecule has 0 saturated heterocycles. The average Bonchev–Trinajstić information content (AvgIpc) is 2.78. The summed E-state index contributed by atoms with van der Waals surface area (Å²) in [5, 5.41) is 3.24. The molecule has 112 valence electrons. The Balaban J connectivity index is 2.32. The van der Waals surface area contributed by atoms with Crippen molar-refractivity contribution in [1.82, 2.24) is 0 Å². The van der Waals surface area contributed by atoms with Gasteiger partial charge in [-0.2, -0.15) is 0 Å². The third kappa shape index (κ3) is 3.31. The monoisotopic (exact) mass is 325 g/mol. The molecule has 1 amide bonds. The number of carbonyl (C=O) groups is 1. The summed E-state index contributed by atoms with van der Waals surface area (Å²) in [6.07, 6.45) is 0. The summed E-state index contributed by atoms with van der Waals surface area (Å²) in [6.45, 7) is 3.89. The molecule has 0 aliphatic carbocycles. The number of anilines is 1. The van der Waals surface area contributed by atoms with Gasteiger partial charge in [0.15, 0.2) is 0 Å². The van der Waals surface area contributed by atoms with Crippen LogP contribution in [0.15, 0.2) is 18.2 Å². The first-order valence-electron chi connectivity index (χ1n) is 6.26. The maximum Gasteiger partial charge on any atom is 0.256 e. The van der Waals surface area contributed by atoms with Crippen molar-refractivity contribution < 1.29 is 14.3 Å². The highest BCUT2D eigenvalue weighted by Crippen LogP contribution is 2.36. The Hall–Kier alpha value is -1.72. The lowest BCUT2D eigenvalue weighted by atomic mass is 10.2. The van der Waals surface area contributed by atoms with E-state index in [2.05, 4.69) is 5.32 Å². The second kappa shape index (κ2) is 6.37. The molecule has 1 heterocycles. The number of nitrogens with one attached hydrogen (secondary N) is 1. The molecule has 0 aliphatic heterocycles. The summed E-state index contributed by atoms with van der Waals surface area (Å²) in [4.78, 5) is 14.4. The molecule has 0 fully saturated rings. The number of rotatable bonds is 4. The molecule has 2 aromatic rings. The highest BCUT2D eigenvalue weighted by atomic mass is 35.5. The Kier molecular flexibility index (Phi) is 4.75. The van der Waals surface area contributed by atoms with Crippen molar-refractivity contribution in [2.45, 2.75) is 13.8 Å². The Bertz CT molecular complexity index is 682. The molecule has 2 rings (SSSR count). The van der Waals surface area contributed by atoms with E-state index < -0.39 is 0 Å². The normalized spacial score (nSPS) is 10.3. The molecule has 1 aromatic heterocycles. The zero-order valence-electron chi connectivity index (χ0n) is 12.2. The summed E-state index contributed by atoms with van der Waals surface area (Å²) < 4.78 is 10.4. The quantitative estimate of drug-likeness (QED) is 0.912. The molecule has 6 heteroatoms. The third-order valence-corrected chi connectivity index (χ3v) is 4.27. The lowest BCUT2D eigenvalue weighted by Crippen LogP contribution is -2.13. The van der Waals surface area contributed by atoms with Gasteiger partial charge in [-0.15, -0.1) is 11.3 Å². The van der Waals surface area contributed by atoms with E-state index in [-0.39, 0.29) is 5.91 Å². The van der Waals surface area contributed by atoms with E-state index in [0.717, 1.165) is 9.75 Å². The molecule has 0 bridgehead atoms. The zero-order valence-corrected chi connectivity index (χ0v) is 13.8. The lowest BCUT2D eigenvalue weighted by Gasteiger charge is -2.13. The van der Waals surface area contributed by atoms with Crippen molar-refractivity contribution in [2.24, 2.45) is 0 Å². The molecular weight excluding hydrogens is 310 g/mol. The zero-order chi connectivity index (χ0) is 15.6. The molecule has 0 radical (unpaired) electrons. The van der Waals surface area contributed by atoms with Gasteiger partial charge in [0.25, 0.3) is 5.91 Å². The molecule has 1 N–H and O–H groups in total. The van der Waals surface area contributed by atoms with Gasteiger partial charge < -0.3 is 14.8 Å². The average molecular weight is 326 g/mol. The third-order valence-electron chi connectivity index (χ3n) is 3.01. The van der Waals surface area contributed by atoms with Crippen molar-refractivity contribution in [3.05, 3.63) is 38.5 Å². The number of hydrogen-bond donors (Lipinski definition) is 1. The number of halogens is 1. The van der Waals surface area contributed by atoms with Crippen LogP contribution < -0.4 is 14.8 Å². The second-order valence-corrected chi connectivity index (χ2v) is 6.34. The first-order chi connectivity index (χ1) is 9.96. The van der Waals surface area contributed by atoms with Crippen molar-refractivity contribution >= 4 is 34.5 Å². The Labute approximate surface area is 132 Å². The van der Waals surface area contributed by atoms with Crippen LogP contribution in [0.4, 0.5) is 5.69 Å². The predicted molar refractivity (Wildman–Crippen MR) is 86.3 cm³/mol. The van der Waals surface area contributed by atoms with Gasteiger partial charge in [-0.05, 0) is 26.0 Å². The maximum atomic E-state index is 12.3. The smallest absolute Gasteiger partial charge is 0.256 e. The number of ether oxygens (including phenoxy) is 2. The van der Waals surface area contributed by atoms with Crippen LogP contribution in [0, 0.1) is 13.8 Å². The van der Waals surface area contributed by atoms with Crippen LogP contribution >= 0.6 is 22.9 Å². The van der Waals surface area contributed by atoms with E-state index in [9.17, 15) is 4.79 Å². The maximum absolute atomic E-state index is 12.3. The number of carbonyl (C=O) groups excluding carboxylic acids is 1.